The van der Waals surface area contributed by atoms with Gasteiger partial charge in [0.1, 0.15) is 0 Å². The fraction of sp³-hybridized carbons (Fsp3) is 0.222. The molecule has 5 rings (SSSR count). The number of aromatic nitrogens is 2. The molecule has 1 fully saturated rings. The van der Waals surface area contributed by atoms with Gasteiger partial charge in [0.25, 0.3) is 11.5 Å². The number of piperidine rings is 1. The Hall–Kier alpha value is -4.01. The molecule has 0 radical (unpaired) electrons. The molecule has 4 aromatic rings. The molecule has 2 atom stereocenters. The van der Waals surface area contributed by atoms with Gasteiger partial charge in [0.2, 0.25) is 5.88 Å². The highest BCUT2D eigenvalue weighted by Gasteiger charge is 2.47. The first-order chi connectivity index (χ1) is 17.0. The highest BCUT2D eigenvalue weighted by Crippen LogP contribution is 2.32. The number of amides is 1. The van der Waals surface area contributed by atoms with E-state index in [1.807, 2.05) is 18.2 Å². The minimum Gasteiger partial charge on any atom is -0.404 e. The van der Waals surface area contributed by atoms with E-state index in [1.165, 1.54) is 22.4 Å². The summed E-state index contributed by atoms with van der Waals surface area (Å²) in [7, 11) is 0. The fourth-order valence-corrected chi connectivity index (χ4v) is 4.51. The van der Waals surface area contributed by atoms with Crippen molar-refractivity contribution >= 4 is 22.8 Å². The van der Waals surface area contributed by atoms with E-state index in [4.69, 9.17) is 10.5 Å². The summed E-state index contributed by atoms with van der Waals surface area (Å²) >= 11 is 0. The Morgan fingerprint density at radius 1 is 1.03 bits per heavy atom. The largest absolute Gasteiger partial charge is 0.404 e. The monoisotopic (exact) mass is 470 g/mol. The predicted octanol–water partition coefficient (Wildman–Crippen LogP) is 2.77. The molecule has 2 heterocycles. The van der Waals surface area contributed by atoms with Crippen molar-refractivity contribution in [1.29, 1.82) is 0 Å². The Morgan fingerprint density at radius 2 is 1.74 bits per heavy atom. The molecule has 4 N–H and O–H groups in total. The number of benzene rings is 3. The van der Waals surface area contributed by atoms with Crippen LogP contribution in [-0.4, -0.2) is 39.9 Å². The van der Waals surface area contributed by atoms with Gasteiger partial charge in [0.15, 0.2) is 0 Å². The Bertz CT molecular complexity index is 1360. The zero-order chi connectivity index (χ0) is 24.4. The molecule has 1 saturated heterocycles. The van der Waals surface area contributed by atoms with Crippen LogP contribution in [0.5, 0.6) is 5.88 Å². The molecule has 0 bridgehead atoms. The molecule has 0 spiro atoms. The van der Waals surface area contributed by atoms with E-state index in [1.54, 1.807) is 36.4 Å². The SMILES string of the molecule is NC(=O)C(O)(C(=O)Oc1c2ccccc2nn1-c1ccc([C@@H]2CCCNC2)cc1)c1ccccc1. The maximum atomic E-state index is 13.2. The lowest BCUT2D eigenvalue weighted by Crippen LogP contribution is -2.50. The molecule has 0 aliphatic carbocycles. The number of hydrogen-bond acceptors (Lipinski definition) is 6. The molecule has 1 aliphatic rings. The smallest absolute Gasteiger partial charge is 0.359 e. The van der Waals surface area contributed by atoms with Gasteiger partial charge in [0, 0.05) is 12.1 Å². The van der Waals surface area contributed by atoms with E-state index in [9.17, 15) is 14.7 Å². The van der Waals surface area contributed by atoms with Gasteiger partial charge >= 0.3 is 5.97 Å². The van der Waals surface area contributed by atoms with Crippen molar-refractivity contribution in [3.05, 3.63) is 90.0 Å². The van der Waals surface area contributed by atoms with Crippen LogP contribution < -0.4 is 15.8 Å². The Morgan fingerprint density at radius 3 is 2.43 bits per heavy atom. The molecular formula is C27H26N4O4. The van der Waals surface area contributed by atoms with Gasteiger partial charge in [-0.3, -0.25) is 4.79 Å². The molecule has 1 unspecified atom stereocenters. The Balaban J connectivity index is 1.53. The highest BCUT2D eigenvalue weighted by molar-refractivity contribution is 6.07. The minimum absolute atomic E-state index is 0.0262. The normalized spacial score (nSPS) is 17.6. The number of fused-ring (bicyclic) bond motifs is 1. The van der Waals surface area contributed by atoms with Gasteiger partial charge < -0.3 is 20.9 Å². The quantitative estimate of drug-likeness (QED) is 0.295. The number of nitrogens with zero attached hydrogens (tertiary/aromatic N) is 2. The zero-order valence-electron chi connectivity index (χ0n) is 19.1. The molecule has 1 aliphatic heterocycles. The van der Waals surface area contributed by atoms with Gasteiger partial charge in [-0.1, -0.05) is 54.6 Å². The van der Waals surface area contributed by atoms with Crippen molar-refractivity contribution < 1.29 is 19.4 Å². The third-order valence-electron chi connectivity index (χ3n) is 6.47. The molecule has 1 aromatic heterocycles. The molecule has 3 aromatic carbocycles. The summed E-state index contributed by atoms with van der Waals surface area (Å²) in [4.78, 5) is 25.5. The second-order valence-electron chi connectivity index (χ2n) is 8.70. The first kappa shape index (κ1) is 22.8. The van der Waals surface area contributed by atoms with Crippen LogP contribution in [0.2, 0.25) is 0 Å². The van der Waals surface area contributed by atoms with Crippen molar-refractivity contribution in [2.24, 2.45) is 5.73 Å². The van der Waals surface area contributed by atoms with E-state index >= 15 is 0 Å². The zero-order valence-corrected chi connectivity index (χ0v) is 19.1. The van der Waals surface area contributed by atoms with Gasteiger partial charge in [-0.25, -0.2) is 4.79 Å². The van der Waals surface area contributed by atoms with Crippen LogP contribution in [0, 0.1) is 0 Å². The number of hydrogen-bond donors (Lipinski definition) is 3. The minimum atomic E-state index is -2.66. The summed E-state index contributed by atoms with van der Waals surface area (Å²) in [5.41, 5.74) is 5.33. The molecule has 35 heavy (non-hydrogen) atoms. The molecule has 8 heteroatoms. The third kappa shape index (κ3) is 4.18. The van der Waals surface area contributed by atoms with E-state index in [-0.39, 0.29) is 11.4 Å². The van der Waals surface area contributed by atoms with Crippen LogP contribution in [-0.2, 0) is 15.2 Å². The first-order valence-electron chi connectivity index (χ1n) is 11.6. The van der Waals surface area contributed by atoms with Crippen LogP contribution in [0.15, 0.2) is 78.9 Å². The summed E-state index contributed by atoms with van der Waals surface area (Å²) in [6.45, 7) is 1.99. The van der Waals surface area contributed by atoms with Crippen LogP contribution in [0.4, 0.5) is 0 Å². The topological polar surface area (TPSA) is 119 Å². The van der Waals surface area contributed by atoms with E-state index in [0.717, 1.165) is 25.9 Å². The van der Waals surface area contributed by atoms with Crippen molar-refractivity contribution in [1.82, 2.24) is 15.1 Å². The van der Waals surface area contributed by atoms with E-state index in [0.29, 0.717) is 22.5 Å². The van der Waals surface area contributed by atoms with Crippen molar-refractivity contribution in [3.8, 4) is 11.6 Å². The fourth-order valence-electron chi connectivity index (χ4n) is 4.51. The molecule has 8 nitrogen and oxygen atoms in total. The maximum absolute atomic E-state index is 13.2. The second-order valence-corrected chi connectivity index (χ2v) is 8.70. The van der Waals surface area contributed by atoms with Crippen molar-refractivity contribution in [3.63, 3.8) is 0 Å². The first-order valence-corrected chi connectivity index (χ1v) is 11.6. The van der Waals surface area contributed by atoms with Crippen LogP contribution >= 0.6 is 0 Å². The average molecular weight is 471 g/mol. The number of aliphatic hydroxyl groups is 1. The van der Waals surface area contributed by atoms with Gasteiger partial charge in [0.05, 0.1) is 16.6 Å². The molecule has 178 valence electrons. The van der Waals surface area contributed by atoms with Crippen molar-refractivity contribution in [2.75, 3.05) is 13.1 Å². The maximum Gasteiger partial charge on any atom is 0.359 e. The number of esters is 1. The number of carbonyl (C=O) groups excluding carboxylic acids is 2. The number of ether oxygens (including phenoxy) is 1. The number of nitrogens with two attached hydrogens (primary N) is 1. The molecular weight excluding hydrogens is 444 g/mol. The average Bonchev–Trinajstić information content (AvgIpc) is 3.27. The number of primary amides is 1. The summed E-state index contributed by atoms with van der Waals surface area (Å²) in [5, 5.41) is 19.6. The van der Waals surface area contributed by atoms with Crippen molar-refractivity contribution in [2.45, 2.75) is 24.4 Å². The lowest BCUT2D eigenvalue weighted by atomic mass is 9.92. The molecule has 1 amide bonds. The lowest BCUT2D eigenvalue weighted by molar-refractivity contribution is -0.164. The summed E-state index contributed by atoms with van der Waals surface area (Å²) in [5.74, 6) is -1.89. The van der Waals surface area contributed by atoms with Gasteiger partial charge in [-0.05, 0) is 55.1 Å². The summed E-state index contributed by atoms with van der Waals surface area (Å²) in [6.07, 6.45) is 2.27. The lowest BCUT2D eigenvalue weighted by Gasteiger charge is -2.23. The Kier molecular flexibility index (Phi) is 6.07. The highest BCUT2D eigenvalue weighted by atomic mass is 16.6. The van der Waals surface area contributed by atoms with Crippen LogP contribution in [0.3, 0.4) is 0 Å². The molecule has 0 saturated carbocycles. The number of carbonyl (C=O) groups is 2. The number of nitrogens with one attached hydrogen (secondary N) is 1. The van der Waals surface area contributed by atoms with Gasteiger partial charge in [-0.2, -0.15) is 9.78 Å². The summed E-state index contributed by atoms with van der Waals surface area (Å²) in [6, 6.07) is 22.9. The predicted molar refractivity (Wildman–Crippen MR) is 131 cm³/mol. The van der Waals surface area contributed by atoms with E-state index < -0.39 is 17.5 Å². The number of rotatable bonds is 6. The standard InChI is InChI=1S/C27H26N4O4/c28-25(32)27(34,20-8-2-1-3-9-20)26(33)35-24-22-10-4-5-11-23(22)30-31(24)21-14-12-18(13-15-21)19-7-6-16-29-17-19/h1-5,8-15,19,29,34H,6-7,16-17H2,(H2,28,32)/t19-,27?/m1/s1. The van der Waals surface area contributed by atoms with Crippen LogP contribution in [0.25, 0.3) is 16.6 Å². The summed E-state index contributed by atoms with van der Waals surface area (Å²) < 4.78 is 7.18. The van der Waals surface area contributed by atoms with E-state index in [2.05, 4.69) is 22.5 Å². The third-order valence-corrected chi connectivity index (χ3v) is 6.47. The Labute approximate surface area is 202 Å². The van der Waals surface area contributed by atoms with Gasteiger partial charge in [-0.15, -0.1) is 0 Å². The van der Waals surface area contributed by atoms with Crippen LogP contribution in [0.1, 0.15) is 29.9 Å². The second kappa shape index (κ2) is 9.32.